The molecule has 5 heteroatoms. The van der Waals surface area contributed by atoms with E-state index in [0.717, 1.165) is 50.5 Å². The Balaban J connectivity index is 1.41. The molecule has 0 atom stereocenters. The Bertz CT molecular complexity index is 692. The summed E-state index contributed by atoms with van der Waals surface area (Å²) in [4.78, 5) is 14.5. The average Bonchev–Trinajstić information content (AvgIpc) is 2.68. The molecule has 0 spiro atoms. The van der Waals surface area contributed by atoms with Gasteiger partial charge in [0.15, 0.2) is 0 Å². The van der Waals surface area contributed by atoms with Crippen LogP contribution in [0.3, 0.4) is 0 Å². The minimum Gasteiger partial charge on any atom is -0.379 e. The maximum atomic E-state index is 12.0. The summed E-state index contributed by atoms with van der Waals surface area (Å²) in [7, 11) is 0. The molecule has 0 bridgehead atoms. The summed E-state index contributed by atoms with van der Waals surface area (Å²) in [5.74, 6) is 0. The Morgan fingerprint density at radius 2 is 1.65 bits per heavy atom. The van der Waals surface area contributed by atoms with Gasteiger partial charge in [0.1, 0.15) is 0 Å². The third kappa shape index (κ3) is 5.86. The number of ether oxygens (including phenoxy) is 1. The van der Waals surface area contributed by atoms with E-state index in [1.54, 1.807) is 0 Å². The lowest BCUT2D eigenvalue weighted by atomic mass is 10.1. The zero-order valence-electron chi connectivity index (χ0n) is 15.3. The van der Waals surface area contributed by atoms with Crippen LogP contribution in [0, 0.1) is 6.92 Å². The number of carbonyl (C=O) groups is 1. The third-order valence-corrected chi connectivity index (χ3v) is 4.61. The van der Waals surface area contributed by atoms with Crippen LogP contribution in [-0.4, -0.2) is 43.8 Å². The molecule has 1 aliphatic rings. The highest BCUT2D eigenvalue weighted by Crippen LogP contribution is 2.11. The second kappa shape index (κ2) is 9.36. The van der Waals surface area contributed by atoms with Crippen LogP contribution in [-0.2, 0) is 17.7 Å². The molecule has 1 saturated heterocycles. The molecule has 0 aromatic heterocycles. The first-order valence-corrected chi connectivity index (χ1v) is 9.18. The molecule has 1 heterocycles. The predicted octanol–water partition coefficient (Wildman–Crippen LogP) is 3.19. The van der Waals surface area contributed by atoms with Crippen molar-refractivity contribution in [1.29, 1.82) is 0 Å². The summed E-state index contributed by atoms with van der Waals surface area (Å²) < 4.78 is 5.37. The summed E-state index contributed by atoms with van der Waals surface area (Å²) in [5.41, 5.74) is 4.39. The number of nitrogens with one attached hydrogen (secondary N) is 2. The third-order valence-electron chi connectivity index (χ3n) is 4.61. The SMILES string of the molecule is Cc1ccc(CNC(=O)Nc2ccc(CCN3CCOCC3)cc2)cc1. The number of hydrogen-bond donors (Lipinski definition) is 2. The Kier molecular flexibility index (Phi) is 6.63. The van der Waals surface area contributed by atoms with Gasteiger partial charge in [0, 0.05) is 31.9 Å². The van der Waals surface area contributed by atoms with Crippen molar-refractivity contribution in [3.05, 3.63) is 65.2 Å². The van der Waals surface area contributed by atoms with E-state index in [-0.39, 0.29) is 6.03 Å². The normalized spacial score (nSPS) is 14.8. The molecular formula is C21H27N3O2. The van der Waals surface area contributed by atoms with E-state index in [0.29, 0.717) is 6.54 Å². The smallest absolute Gasteiger partial charge is 0.319 e. The van der Waals surface area contributed by atoms with Crippen molar-refractivity contribution in [3.63, 3.8) is 0 Å². The highest BCUT2D eigenvalue weighted by atomic mass is 16.5. The molecule has 3 rings (SSSR count). The molecule has 0 saturated carbocycles. The highest BCUT2D eigenvalue weighted by molar-refractivity contribution is 5.89. The van der Waals surface area contributed by atoms with Crippen LogP contribution in [0.15, 0.2) is 48.5 Å². The van der Waals surface area contributed by atoms with Crippen molar-refractivity contribution < 1.29 is 9.53 Å². The molecule has 5 nitrogen and oxygen atoms in total. The van der Waals surface area contributed by atoms with E-state index in [1.807, 2.05) is 36.4 Å². The maximum Gasteiger partial charge on any atom is 0.319 e. The van der Waals surface area contributed by atoms with E-state index < -0.39 is 0 Å². The number of carbonyl (C=O) groups excluding carboxylic acids is 1. The van der Waals surface area contributed by atoms with Gasteiger partial charge in [-0.05, 0) is 36.6 Å². The molecule has 0 aliphatic carbocycles. The van der Waals surface area contributed by atoms with Gasteiger partial charge in [-0.25, -0.2) is 4.79 Å². The monoisotopic (exact) mass is 353 g/mol. The van der Waals surface area contributed by atoms with Crippen molar-refractivity contribution in [1.82, 2.24) is 10.2 Å². The van der Waals surface area contributed by atoms with Crippen molar-refractivity contribution in [2.45, 2.75) is 19.9 Å². The minimum atomic E-state index is -0.188. The van der Waals surface area contributed by atoms with E-state index in [1.165, 1.54) is 11.1 Å². The number of rotatable bonds is 6. The van der Waals surface area contributed by atoms with Crippen LogP contribution in [0.1, 0.15) is 16.7 Å². The fourth-order valence-corrected chi connectivity index (χ4v) is 2.93. The number of anilines is 1. The van der Waals surface area contributed by atoms with Gasteiger partial charge in [0.05, 0.1) is 13.2 Å². The number of morpholine rings is 1. The summed E-state index contributed by atoms with van der Waals surface area (Å²) in [6, 6.07) is 16.0. The second-order valence-electron chi connectivity index (χ2n) is 6.69. The topological polar surface area (TPSA) is 53.6 Å². The molecule has 0 unspecified atom stereocenters. The van der Waals surface area contributed by atoms with Crippen molar-refractivity contribution in [3.8, 4) is 0 Å². The number of benzene rings is 2. The summed E-state index contributed by atoms with van der Waals surface area (Å²) in [5, 5.41) is 5.76. The van der Waals surface area contributed by atoms with Crippen LogP contribution in [0.2, 0.25) is 0 Å². The van der Waals surface area contributed by atoms with Gasteiger partial charge >= 0.3 is 6.03 Å². The molecule has 26 heavy (non-hydrogen) atoms. The summed E-state index contributed by atoms with van der Waals surface area (Å²) in [6.45, 7) is 7.31. The number of nitrogens with zero attached hydrogens (tertiary/aromatic N) is 1. The largest absolute Gasteiger partial charge is 0.379 e. The van der Waals surface area contributed by atoms with Crippen LogP contribution in [0.25, 0.3) is 0 Å². The van der Waals surface area contributed by atoms with Gasteiger partial charge in [0.2, 0.25) is 0 Å². The lowest BCUT2D eigenvalue weighted by Crippen LogP contribution is -2.37. The first kappa shape index (κ1) is 18.4. The Hall–Kier alpha value is -2.37. The van der Waals surface area contributed by atoms with Gasteiger partial charge in [-0.1, -0.05) is 42.0 Å². The molecule has 2 aromatic carbocycles. The van der Waals surface area contributed by atoms with Crippen molar-refractivity contribution in [2.75, 3.05) is 38.2 Å². The standard InChI is InChI=1S/C21H27N3O2/c1-17-2-4-19(5-3-17)16-22-21(25)23-20-8-6-18(7-9-20)10-11-24-12-14-26-15-13-24/h2-9H,10-16H2,1H3,(H2,22,23,25). The van der Waals surface area contributed by atoms with Gasteiger partial charge in [-0.15, -0.1) is 0 Å². The van der Waals surface area contributed by atoms with Crippen LogP contribution in [0.4, 0.5) is 10.5 Å². The van der Waals surface area contributed by atoms with Gasteiger partial charge in [0.25, 0.3) is 0 Å². The fourth-order valence-electron chi connectivity index (χ4n) is 2.93. The number of amides is 2. The Labute approximate surface area is 155 Å². The van der Waals surface area contributed by atoms with Crippen molar-refractivity contribution >= 4 is 11.7 Å². The maximum absolute atomic E-state index is 12.0. The predicted molar refractivity (Wildman–Crippen MR) is 104 cm³/mol. The number of urea groups is 1. The van der Waals surface area contributed by atoms with E-state index in [9.17, 15) is 4.79 Å². The summed E-state index contributed by atoms with van der Waals surface area (Å²) >= 11 is 0. The van der Waals surface area contributed by atoms with Crippen LogP contribution < -0.4 is 10.6 Å². The van der Waals surface area contributed by atoms with Gasteiger partial charge in [-0.2, -0.15) is 0 Å². The highest BCUT2D eigenvalue weighted by Gasteiger charge is 2.09. The van der Waals surface area contributed by atoms with E-state index >= 15 is 0 Å². The van der Waals surface area contributed by atoms with Gasteiger partial charge < -0.3 is 15.4 Å². The van der Waals surface area contributed by atoms with Crippen molar-refractivity contribution in [2.24, 2.45) is 0 Å². The molecule has 1 fully saturated rings. The molecule has 2 N–H and O–H groups in total. The Morgan fingerprint density at radius 1 is 1.00 bits per heavy atom. The summed E-state index contributed by atoms with van der Waals surface area (Å²) in [6.07, 6.45) is 1.01. The zero-order chi connectivity index (χ0) is 18.2. The average molecular weight is 353 g/mol. The first-order chi connectivity index (χ1) is 12.7. The molecule has 0 radical (unpaired) electrons. The van der Waals surface area contributed by atoms with Crippen LogP contribution in [0.5, 0.6) is 0 Å². The van der Waals surface area contributed by atoms with E-state index in [4.69, 9.17) is 4.74 Å². The molecular weight excluding hydrogens is 326 g/mol. The second-order valence-corrected chi connectivity index (χ2v) is 6.69. The number of aryl methyl sites for hydroxylation is 1. The number of hydrogen-bond acceptors (Lipinski definition) is 3. The molecule has 138 valence electrons. The van der Waals surface area contributed by atoms with E-state index in [2.05, 4.69) is 34.6 Å². The quantitative estimate of drug-likeness (QED) is 0.839. The van der Waals surface area contributed by atoms with Gasteiger partial charge in [-0.3, -0.25) is 4.90 Å². The minimum absolute atomic E-state index is 0.188. The lowest BCUT2D eigenvalue weighted by Gasteiger charge is -2.26. The first-order valence-electron chi connectivity index (χ1n) is 9.18. The molecule has 1 aliphatic heterocycles. The zero-order valence-corrected chi connectivity index (χ0v) is 15.3. The van der Waals surface area contributed by atoms with Crippen LogP contribution >= 0.6 is 0 Å². The Morgan fingerprint density at radius 3 is 2.35 bits per heavy atom. The molecule has 2 aromatic rings. The fraction of sp³-hybridized carbons (Fsp3) is 0.381. The molecule has 2 amide bonds. The lowest BCUT2D eigenvalue weighted by molar-refractivity contribution is 0.0384.